The summed E-state index contributed by atoms with van der Waals surface area (Å²) in [4.78, 5) is 27.3. The Morgan fingerprint density at radius 3 is 2.60 bits per heavy atom. The molecule has 0 spiro atoms. The summed E-state index contributed by atoms with van der Waals surface area (Å²) >= 11 is 0. The van der Waals surface area contributed by atoms with Crippen LogP contribution in [0.4, 0.5) is 10.5 Å². The molecule has 274 valence electrons. The molecule has 1 fully saturated rings. The Hall–Kier alpha value is -5.56. The first-order chi connectivity index (χ1) is 25.8. The third-order valence-electron chi connectivity index (χ3n) is 9.99. The summed E-state index contributed by atoms with van der Waals surface area (Å²) in [5.74, 6) is -0.0416. The molecular weight excluding hydrogens is 670 g/mol. The van der Waals surface area contributed by atoms with E-state index < -0.39 is 12.2 Å². The van der Waals surface area contributed by atoms with E-state index in [0.717, 1.165) is 90.5 Å². The van der Waals surface area contributed by atoms with Gasteiger partial charge in [0, 0.05) is 42.7 Å². The van der Waals surface area contributed by atoms with E-state index in [-0.39, 0.29) is 30.0 Å². The zero-order valence-electron chi connectivity index (χ0n) is 29.5. The Bertz CT molecular complexity index is 2250. The van der Waals surface area contributed by atoms with Crippen molar-refractivity contribution in [3.8, 4) is 16.9 Å². The van der Waals surface area contributed by atoms with Crippen molar-refractivity contribution in [2.24, 2.45) is 5.73 Å². The van der Waals surface area contributed by atoms with E-state index in [4.69, 9.17) is 10.5 Å². The van der Waals surface area contributed by atoms with E-state index in [9.17, 15) is 19.8 Å². The number of aryl methyl sites for hydroxylation is 2. The highest BCUT2D eigenvalue weighted by molar-refractivity contribution is 5.92. The number of pyridine rings is 1. The molecule has 0 saturated heterocycles. The van der Waals surface area contributed by atoms with Crippen molar-refractivity contribution in [3.63, 3.8) is 0 Å². The maximum atomic E-state index is 13.0. The van der Waals surface area contributed by atoms with Crippen LogP contribution in [-0.4, -0.2) is 55.0 Å². The summed E-state index contributed by atoms with van der Waals surface area (Å²) < 4.78 is 7.70. The number of nitrogens with two attached hydrogens (primary N) is 1. The Morgan fingerprint density at radius 1 is 0.962 bits per heavy atom. The number of benzene rings is 4. The fraction of sp³-hybridized carbons (Fsp3) is 0.317. The number of carbonyl (C=O) groups is 1. The van der Waals surface area contributed by atoms with Crippen LogP contribution in [0.25, 0.3) is 33.1 Å². The van der Waals surface area contributed by atoms with Gasteiger partial charge in [0.2, 0.25) is 5.56 Å². The molecule has 1 amide bonds. The second-order valence-corrected chi connectivity index (χ2v) is 13.8. The van der Waals surface area contributed by atoms with E-state index in [1.165, 1.54) is 12.1 Å². The third-order valence-corrected chi connectivity index (χ3v) is 9.99. The molecule has 6 aromatic rings. The molecule has 1 aliphatic rings. The van der Waals surface area contributed by atoms with Gasteiger partial charge in [0.25, 0.3) is 0 Å². The Balaban J connectivity index is 0.924. The quantitative estimate of drug-likeness (QED) is 0.0747. The van der Waals surface area contributed by atoms with Crippen LogP contribution >= 0.6 is 0 Å². The third kappa shape index (κ3) is 8.74. The van der Waals surface area contributed by atoms with Gasteiger partial charge in [-0.3, -0.25) is 10.1 Å². The second-order valence-electron chi connectivity index (χ2n) is 13.8. The number of carbonyl (C=O) groups excluding carboxylic acids is 1. The lowest BCUT2D eigenvalue weighted by molar-refractivity contribution is 0.0826. The lowest BCUT2D eigenvalue weighted by Crippen LogP contribution is -2.32. The van der Waals surface area contributed by atoms with Crippen LogP contribution in [0.3, 0.4) is 0 Å². The second kappa shape index (κ2) is 16.4. The van der Waals surface area contributed by atoms with Crippen molar-refractivity contribution in [1.82, 2.24) is 25.3 Å². The number of aromatic nitrogens is 4. The van der Waals surface area contributed by atoms with E-state index >= 15 is 0 Å². The number of phenolic OH excluding ortho intramolecular Hbond substituents is 1. The number of aliphatic hydroxyl groups excluding tert-OH is 1. The molecular formula is C41H45N7O5. The van der Waals surface area contributed by atoms with Crippen LogP contribution in [-0.2, 0) is 24.2 Å². The van der Waals surface area contributed by atoms with E-state index in [2.05, 4.69) is 44.1 Å². The minimum Gasteiger partial charge on any atom is -0.506 e. The molecule has 2 aromatic heterocycles. The van der Waals surface area contributed by atoms with Crippen LogP contribution in [0.15, 0.2) is 95.8 Å². The monoisotopic (exact) mass is 715 g/mol. The molecule has 0 aliphatic heterocycles. The summed E-state index contributed by atoms with van der Waals surface area (Å²) in [5, 5.41) is 36.8. The summed E-state index contributed by atoms with van der Waals surface area (Å²) in [6.07, 6.45) is 4.59. The number of nitrogens with one attached hydrogen (secondary N) is 3. The number of amides is 1. The highest BCUT2D eigenvalue weighted by atomic mass is 16.6. The number of aliphatic hydroxyl groups is 1. The number of anilines is 1. The molecule has 7 N–H and O–H groups in total. The van der Waals surface area contributed by atoms with Crippen LogP contribution in [0, 0.1) is 0 Å². The van der Waals surface area contributed by atoms with Gasteiger partial charge in [0.1, 0.15) is 17.4 Å². The summed E-state index contributed by atoms with van der Waals surface area (Å²) in [6.45, 7) is 1.51. The van der Waals surface area contributed by atoms with Crippen molar-refractivity contribution in [1.29, 1.82) is 0 Å². The minimum atomic E-state index is -0.846. The van der Waals surface area contributed by atoms with Crippen LogP contribution in [0.2, 0.25) is 0 Å². The predicted octanol–water partition coefficient (Wildman–Crippen LogP) is 6.31. The Morgan fingerprint density at radius 2 is 1.77 bits per heavy atom. The molecule has 1 unspecified atom stereocenters. The molecule has 53 heavy (non-hydrogen) atoms. The molecule has 0 radical (unpaired) electrons. The maximum Gasteiger partial charge on any atom is 0.411 e. The minimum absolute atomic E-state index is 0.0416. The summed E-state index contributed by atoms with van der Waals surface area (Å²) in [6, 6.07) is 28.6. The topological polar surface area (TPSA) is 180 Å². The fourth-order valence-corrected chi connectivity index (χ4v) is 7.11. The molecule has 4 aromatic carbocycles. The molecule has 7 rings (SSSR count). The van der Waals surface area contributed by atoms with Gasteiger partial charge >= 0.3 is 6.09 Å². The van der Waals surface area contributed by atoms with Gasteiger partial charge in [-0.25, -0.2) is 9.48 Å². The van der Waals surface area contributed by atoms with E-state index in [1.807, 2.05) is 53.2 Å². The predicted molar refractivity (Wildman–Crippen MR) is 206 cm³/mol. The lowest BCUT2D eigenvalue weighted by Gasteiger charge is -2.26. The zero-order valence-corrected chi connectivity index (χ0v) is 29.5. The standard InChI is InChI=1S/C41H45N7O5/c42-29-11-13-30(14-12-29)53-41(52)44-34-22-26(9-15-31(34)28-7-2-1-3-8-28)6-4-5-21-48-36-18-10-27(23-35(36)46-47-48)24-43-25-38(50)32-16-19-37(49)40-33(32)17-20-39(51)45-40/h1-3,7-10,15-20,22-23,29-30,38,43,49-50H,4-6,11-14,21,24-25,42H2,(H,44,52)(H,45,51)/t29-,30-,38?. The largest absolute Gasteiger partial charge is 0.506 e. The van der Waals surface area contributed by atoms with Gasteiger partial charge < -0.3 is 31.0 Å². The van der Waals surface area contributed by atoms with Gasteiger partial charge in [-0.2, -0.15) is 0 Å². The van der Waals surface area contributed by atoms with Crippen molar-refractivity contribution < 1.29 is 19.7 Å². The number of H-pyrrole nitrogens is 1. The molecule has 12 nitrogen and oxygen atoms in total. The SMILES string of the molecule is N[C@H]1CC[C@H](OC(=O)Nc2cc(CCCCn3nnc4cc(CNCC(O)c5ccc(O)c6[nH]c(=O)ccc56)ccc43)ccc2-c2ccccc2)CC1. The first-order valence-corrected chi connectivity index (χ1v) is 18.3. The number of aromatic amines is 1. The normalized spacial score (nSPS) is 16.5. The number of nitrogens with zero attached hydrogens (tertiary/aromatic N) is 3. The molecule has 1 aliphatic carbocycles. The molecule has 0 bridgehead atoms. The lowest BCUT2D eigenvalue weighted by atomic mass is 9.94. The van der Waals surface area contributed by atoms with Crippen LogP contribution in [0.1, 0.15) is 61.3 Å². The number of unbranched alkanes of at least 4 members (excludes halogenated alkanes) is 1. The smallest absolute Gasteiger partial charge is 0.411 e. The highest BCUT2D eigenvalue weighted by Crippen LogP contribution is 2.31. The van der Waals surface area contributed by atoms with E-state index in [0.29, 0.717) is 23.0 Å². The first-order valence-electron chi connectivity index (χ1n) is 18.3. The van der Waals surface area contributed by atoms with Crippen LogP contribution < -0.4 is 21.9 Å². The first kappa shape index (κ1) is 35.8. The average Bonchev–Trinajstić information content (AvgIpc) is 3.57. The number of rotatable bonds is 13. The van der Waals surface area contributed by atoms with Gasteiger partial charge in [-0.05, 0) is 97.5 Å². The molecule has 1 atom stereocenters. The fourth-order valence-electron chi connectivity index (χ4n) is 7.11. The number of hydrogen-bond acceptors (Lipinski definition) is 9. The van der Waals surface area contributed by atoms with Gasteiger partial charge in [-0.15, -0.1) is 5.10 Å². The van der Waals surface area contributed by atoms with Crippen molar-refractivity contribution >= 4 is 33.7 Å². The Labute approximate surface area is 307 Å². The highest BCUT2D eigenvalue weighted by Gasteiger charge is 2.22. The van der Waals surface area contributed by atoms with E-state index in [1.54, 1.807) is 12.1 Å². The van der Waals surface area contributed by atoms with Gasteiger partial charge in [0.15, 0.2) is 0 Å². The molecule has 1 saturated carbocycles. The van der Waals surface area contributed by atoms with Crippen molar-refractivity contribution in [2.75, 3.05) is 11.9 Å². The van der Waals surface area contributed by atoms with Crippen molar-refractivity contribution in [3.05, 3.63) is 118 Å². The summed E-state index contributed by atoms with van der Waals surface area (Å²) in [7, 11) is 0. The van der Waals surface area contributed by atoms with Crippen molar-refractivity contribution in [2.45, 2.75) is 76.3 Å². The van der Waals surface area contributed by atoms with Gasteiger partial charge in [0.05, 0.1) is 22.8 Å². The Kier molecular flexibility index (Phi) is 11.1. The number of aromatic hydroxyl groups is 1. The van der Waals surface area contributed by atoms with Crippen LogP contribution in [0.5, 0.6) is 5.75 Å². The van der Waals surface area contributed by atoms with Gasteiger partial charge in [-0.1, -0.05) is 59.8 Å². The number of phenols is 1. The summed E-state index contributed by atoms with van der Waals surface area (Å²) in [5.41, 5.74) is 13.2. The number of ether oxygens (including phenoxy) is 1. The number of fused-ring (bicyclic) bond motifs is 2. The zero-order chi connectivity index (χ0) is 36.7. The maximum absolute atomic E-state index is 13.0. The average molecular weight is 716 g/mol. The molecule has 2 heterocycles. The molecule has 12 heteroatoms. The number of hydrogen-bond donors (Lipinski definition) is 6.